The smallest absolute Gasteiger partial charge is 0.0575 e. The van der Waals surface area contributed by atoms with Crippen LogP contribution in [0.25, 0.3) is 0 Å². The van der Waals surface area contributed by atoms with Crippen LogP contribution in [-0.2, 0) is 9.47 Å². The van der Waals surface area contributed by atoms with Gasteiger partial charge in [-0.3, -0.25) is 0 Å². The van der Waals surface area contributed by atoms with Gasteiger partial charge in [0.25, 0.3) is 0 Å². The molecule has 0 aromatic carbocycles. The fraction of sp³-hybridized carbons (Fsp3) is 1.00. The Hall–Kier alpha value is -0.120. The monoisotopic (exact) mass is 257 g/mol. The van der Waals surface area contributed by atoms with Crippen molar-refractivity contribution < 1.29 is 9.47 Å². The van der Waals surface area contributed by atoms with Gasteiger partial charge in [0.1, 0.15) is 0 Å². The van der Waals surface area contributed by atoms with Gasteiger partial charge in [0, 0.05) is 26.4 Å². The van der Waals surface area contributed by atoms with E-state index >= 15 is 0 Å². The minimum absolute atomic E-state index is 0.520. The molecule has 0 bridgehead atoms. The van der Waals surface area contributed by atoms with Gasteiger partial charge < -0.3 is 14.8 Å². The van der Waals surface area contributed by atoms with Crippen molar-refractivity contribution in [1.82, 2.24) is 5.32 Å². The molecule has 0 radical (unpaired) electrons. The minimum Gasteiger partial charge on any atom is -0.385 e. The molecule has 2 atom stereocenters. The van der Waals surface area contributed by atoms with Gasteiger partial charge in [0.2, 0.25) is 0 Å². The summed E-state index contributed by atoms with van der Waals surface area (Å²) < 4.78 is 10.9. The average molecular weight is 257 g/mol. The van der Waals surface area contributed by atoms with Gasteiger partial charge in [-0.2, -0.15) is 0 Å². The minimum atomic E-state index is 0.520. The second kappa shape index (κ2) is 10.8. The predicted molar refractivity (Wildman–Crippen MR) is 76.0 cm³/mol. The first-order valence-corrected chi connectivity index (χ1v) is 7.70. The summed E-state index contributed by atoms with van der Waals surface area (Å²) in [6.07, 6.45) is 10.4. The molecule has 1 aliphatic heterocycles. The summed E-state index contributed by atoms with van der Waals surface area (Å²) in [5, 5.41) is 3.66. The van der Waals surface area contributed by atoms with E-state index in [-0.39, 0.29) is 0 Å². The van der Waals surface area contributed by atoms with Gasteiger partial charge in [-0.05, 0) is 57.9 Å². The second-order valence-corrected chi connectivity index (χ2v) is 5.35. The van der Waals surface area contributed by atoms with Crippen LogP contribution in [-0.4, -0.2) is 39.0 Å². The maximum absolute atomic E-state index is 5.81. The Balaban J connectivity index is 2.16. The fourth-order valence-corrected chi connectivity index (χ4v) is 2.59. The predicted octanol–water partition coefficient (Wildman–Crippen LogP) is 3.13. The number of hydrogen-bond acceptors (Lipinski definition) is 3. The number of ether oxygens (including phenoxy) is 2. The molecular weight excluding hydrogens is 226 g/mol. The molecule has 1 heterocycles. The molecule has 1 N–H and O–H groups in total. The lowest BCUT2D eigenvalue weighted by Gasteiger charge is -2.25. The van der Waals surface area contributed by atoms with Crippen molar-refractivity contribution in [3.8, 4) is 0 Å². The van der Waals surface area contributed by atoms with Crippen LogP contribution >= 0.6 is 0 Å². The van der Waals surface area contributed by atoms with Crippen LogP contribution < -0.4 is 5.32 Å². The van der Waals surface area contributed by atoms with Gasteiger partial charge in [-0.1, -0.05) is 6.92 Å². The molecule has 2 unspecified atom stereocenters. The molecule has 1 saturated heterocycles. The fourth-order valence-electron chi connectivity index (χ4n) is 2.59. The molecule has 0 saturated carbocycles. The molecular formula is C15H31NO2. The maximum atomic E-state index is 5.81. The van der Waals surface area contributed by atoms with Gasteiger partial charge >= 0.3 is 0 Å². The highest BCUT2D eigenvalue weighted by Crippen LogP contribution is 2.18. The Kier molecular flexibility index (Phi) is 9.54. The molecule has 18 heavy (non-hydrogen) atoms. The lowest BCUT2D eigenvalue weighted by Crippen LogP contribution is -2.32. The molecule has 3 nitrogen and oxygen atoms in total. The molecule has 0 aromatic rings. The molecule has 0 spiro atoms. The van der Waals surface area contributed by atoms with E-state index in [4.69, 9.17) is 9.47 Å². The normalized spacial score (nSPS) is 22.0. The van der Waals surface area contributed by atoms with Crippen LogP contribution in [0.1, 0.15) is 58.3 Å². The maximum Gasteiger partial charge on any atom is 0.0575 e. The van der Waals surface area contributed by atoms with Crippen LogP contribution in [0, 0.1) is 0 Å². The Morgan fingerprint density at radius 1 is 1.33 bits per heavy atom. The number of nitrogens with one attached hydrogen (secondary N) is 1. The van der Waals surface area contributed by atoms with Gasteiger partial charge in [0.15, 0.2) is 0 Å². The summed E-state index contributed by atoms with van der Waals surface area (Å²) >= 11 is 0. The van der Waals surface area contributed by atoms with Crippen molar-refractivity contribution >= 4 is 0 Å². The third kappa shape index (κ3) is 7.34. The molecule has 108 valence electrons. The lowest BCUT2D eigenvalue weighted by molar-refractivity contribution is 0.00832. The number of hydrogen-bond donors (Lipinski definition) is 1. The third-order valence-corrected chi connectivity index (χ3v) is 3.70. The Morgan fingerprint density at radius 2 is 2.22 bits per heavy atom. The highest BCUT2D eigenvalue weighted by atomic mass is 16.5. The van der Waals surface area contributed by atoms with Crippen molar-refractivity contribution in [1.29, 1.82) is 0 Å². The largest absolute Gasteiger partial charge is 0.385 e. The summed E-state index contributed by atoms with van der Waals surface area (Å²) in [5.41, 5.74) is 0. The second-order valence-electron chi connectivity index (χ2n) is 5.35. The summed E-state index contributed by atoms with van der Waals surface area (Å²) in [6, 6.07) is 0.644. The number of rotatable bonds is 10. The zero-order valence-corrected chi connectivity index (χ0v) is 12.2. The van der Waals surface area contributed by atoms with Gasteiger partial charge in [-0.25, -0.2) is 0 Å². The SMILES string of the molecule is CCCNC(CCCOC)CCC1CCCCO1. The molecule has 1 aliphatic rings. The topological polar surface area (TPSA) is 30.5 Å². The summed E-state index contributed by atoms with van der Waals surface area (Å²) in [5.74, 6) is 0. The Morgan fingerprint density at radius 3 is 2.89 bits per heavy atom. The van der Waals surface area contributed by atoms with Crippen molar-refractivity contribution in [3.05, 3.63) is 0 Å². The first-order valence-electron chi connectivity index (χ1n) is 7.70. The average Bonchev–Trinajstić information content (AvgIpc) is 2.42. The van der Waals surface area contributed by atoms with E-state index in [2.05, 4.69) is 12.2 Å². The molecule has 0 aromatic heterocycles. The van der Waals surface area contributed by atoms with Crippen molar-refractivity contribution in [2.75, 3.05) is 26.9 Å². The van der Waals surface area contributed by atoms with E-state index in [0.29, 0.717) is 12.1 Å². The van der Waals surface area contributed by atoms with Crippen molar-refractivity contribution in [2.24, 2.45) is 0 Å². The lowest BCUT2D eigenvalue weighted by atomic mass is 9.99. The standard InChI is InChI=1S/C15H31NO2/c1-3-11-16-14(7-6-12-17-2)9-10-15-8-4-5-13-18-15/h14-16H,3-13H2,1-2H3. The molecule has 1 rings (SSSR count). The van der Waals surface area contributed by atoms with Gasteiger partial charge in [0.05, 0.1) is 6.10 Å². The van der Waals surface area contributed by atoms with Crippen molar-refractivity contribution in [2.45, 2.75) is 70.4 Å². The van der Waals surface area contributed by atoms with Crippen LogP contribution in [0.4, 0.5) is 0 Å². The Bertz CT molecular complexity index is 181. The molecule has 0 amide bonds. The summed E-state index contributed by atoms with van der Waals surface area (Å²) in [7, 11) is 1.78. The highest BCUT2D eigenvalue weighted by Gasteiger charge is 2.16. The summed E-state index contributed by atoms with van der Waals surface area (Å²) in [4.78, 5) is 0. The van der Waals surface area contributed by atoms with Crippen LogP contribution in [0.5, 0.6) is 0 Å². The Labute approximate surface area is 113 Å². The zero-order valence-electron chi connectivity index (χ0n) is 12.2. The quantitative estimate of drug-likeness (QED) is 0.610. The van der Waals surface area contributed by atoms with Crippen LogP contribution in [0.2, 0.25) is 0 Å². The molecule has 1 fully saturated rings. The molecule has 0 aliphatic carbocycles. The molecule has 3 heteroatoms. The van der Waals surface area contributed by atoms with E-state index in [1.165, 1.54) is 44.9 Å². The number of methoxy groups -OCH3 is 1. The van der Waals surface area contributed by atoms with E-state index in [1.54, 1.807) is 7.11 Å². The summed E-state index contributed by atoms with van der Waals surface area (Å²) in [6.45, 7) is 5.21. The van der Waals surface area contributed by atoms with Crippen molar-refractivity contribution in [3.63, 3.8) is 0 Å². The highest BCUT2D eigenvalue weighted by molar-refractivity contribution is 4.71. The van der Waals surface area contributed by atoms with Gasteiger partial charge in [-0.15, -0.1) is 0 Å². The van der Waals surface area contributed by atoms with Crippen LogP contribution in [0.15, 0.2) is 0 Å². The van der Waals surface area contributed by atoms with Crippen LogP contribution in [0.3, 0.4) is 0 Å². The van der Waals surface area contributed by atoms with E-state index in [9.17, 15) is 0 Å². The first kappa shape index (κ1) is 15.9. The first-order chi connectivity index (χ1) is 8.86. The van der Waals surface area contributed by atoms with E-state index in [1.807, 2.05) is 0 Å². The van der Waals surface area contributed by atoms with E-state index < -0.39 is 0 Å². The zero-order chi connectivity index (χ0) is 13.1. The van der Waals surface area contributed by atoms with E-state index in [0.717, 1.165) is 26.2 Å². The third-order valence-electron chi connectivity index (χ3n) is 3.70.